The normalized spacial score (nSPS) is 10.9. The van der Waals surface area contributed by atoms with E-state index in [0.29, 0.717) is 18.5 Å². The molecule has 0 amide bonds. The molecule has 5 nitrogen and oxygen atoms in total. The number of halogens is 1. The van der Waals surface area contributed by atoms with Gasteiger partial charge in [-0.05, 0) is 24.3 Å². The maximum atomic E-state index is 12.6. The van der Waals surface area contributed by atoms with Crippen molar-refractivity contribution in [1.29, 1.82) is 0 Å². The number of H-pyrrole nitrogens is 1. The highest BCUT2D eigenvalue weighted by Gasteiger charge is 2.20. The number of aromatic amines is 1. The van der Waals surface area contributed by atoms with Crippen molar-refractivity contribution in [2.24, 2.45) is 0 Å². The van der Waals surface area contributed by atoms with Crippen LogP contribution in [0.5, 0.6) is 0 Å². The van der Waals surface area contributed by atoms with Gasteiger partial charge in [0.2, 0.25) is 0 Å². The molecular formula is C18H19BrN3O2+. The van der Waals surface area contributed by atoms with E-state index in [2.05, 4.69) is 26.2 Å². The number of benzene rings is 2. The highest BCUT2D eigenvalue weighted by molar-refractivity contribution is 9.10. The number of carbonyl (C=O) groups excluding carboxylic acids is 1. The van der Waals surface area contributed by atoms with Gasteiger partial charge < -0.3 is 5.11 Å². The number of aliphatic hydroxyl groups excluding tert-OH is 1. The van der Waals surface area contributed by atoms with E-state index in [1.807, 2.05) is 53.1 Å². The summed E-state index contributed by atoms with van der Waals surface area (Å²) in [4.78, 5) is 15.9. The molecule has 0 saturated carbocycles. The number of imidazole rings is 1. The molecule has 3 rings (SSSR count). The number of anilines is 1. The molecule has 0 unspecified atom stereocenters. The van der Waals surface area contributed by atoms with E-state index >= 15 is 0 Å². The summed E-state index contributed by atoms with van der Waals surface area (Å²) in [6.45, 7) is 1.01. The second-order valence-corrected chi connectivity index (χ2v) is 6.43. The third-order valence-electron chi connectivity index (χ3n) is 3.81. The van der Waals surface area contributed by atoms with E-state index in [1.54, 1.807) is 0 Å². The molecule has 124 valence electrons. The summed E-state index contributed by atoms with van der Waals surface area (Å²) in [6.07, 6.45) is 0.649. The van der Waals surface area contributed by atoms with E-state index in [-0.39, 0.29) is 18.9 Å². The molecule has 0 aliphatic carbocycles. The summed E-state index contributed by atoms with van der Waals surface area (Å²) in [5, 5.41) is 12.2. The van der Waals surface area contributed by atoms with Crippen LogP contribution in [0, 0.1) is 0 Å². The Morgan fingerprint density at radius 1 is 1.17 bits per heavy atom. The second-order valence-electron chi connectivity index (χ2n) is 5.51. The number of ketones is 1. The van der Waals surface area contributed by atoms with Crippen LogP contribution in [0.2, 0.25) is 0 Å². The Morgan fingerprint density at radius 2 is 1.92 bits per heavy atom. The maximum Gasteiger partial charge on any atom is 0.356 e. The number of hydrogen-bond acceptors (Lipinski definition) is 3. The van der Waals surface area contributed by atoms with Gasteiger partial charge in [0.1, 0.15) is 17.6 Å². The summed E-state index contributed by atoms with van der Waals surface area (Å²) in [7, 11) is 0. The van der Waals surface area contributed by atoms with Crippen LogP contribution in [0.4, 0.5) is 5.95 Å². The Bertz CT molecular complexity index is 843. The average molecular weight is 389 g/mol. The standard InChI is InChI=1S/C18H18BrN3O2/c19-14-8-6-13(7-9-14)17(24)12-22-16-5-2-1-4-15(16)21-18(22)20-10-3-11-23/h1-2,4-9,23H,3,10-12H2,(H,20,21)/p+1. The maximum absolute atomic E-state index is 12.6. The van der Waals surface area contributed by atoms with Gasteiger partial charge in [-0.1, -0.05) is 40.2 Å². The smallest absolute Gasteiger partial charge is 0.356 e. The lowest BCUT2D eigenvalue weighted by molar-refractivity contribution is -0.642. The number of Topliss-reactive ketones (excluding diaryl/α,β-unsaturated/α-hetero) is 1. The second kappa shape index (κ2) is 7.59. The van der Waals surface area contributed by atoms with Crippen molar-refractivity contribution in [3.8, 4) is 0 Å². The van der Waals surface area contributed by atoms with E-state index in [4.69, 9.17) is 5.11 Å². The van der Waals surface area contributed by atoms with Gasteiger partial charge in [0.05, 0.1) is 6.54 Å². The third-order valence-corrected chi connectivity index (χ3v) is 4.34. The van der Waals surface area contributed by atoms with Crippen molar-refractivity contribution < 1.29 is 14.5 Å². The lowest BCUT2D eigenvalue weighted by atomic mass is 10.1. The molecule has 0 saturated heterocycles. The Kier molecular flexibility index (Phi) is 5.27. The Morgan fingerprint density at radius 3 is 2.67 bits per heavy atom. The molecule has 0 atom stereocenters. The summed E-state index contributed by atoms with van der Waals surface area (Å²) in [5.74, 6) is 0.817. The fraction of sp³-hybridized carbons (Fsp3) is 0.222. The van der Waals surface area contributed by atoms with Crippen LogP contribution in [0.15, 0.2) is 53.0 Å². The molecule has 6 heteroatoms. The van der Waals surface area contributed by atoms with Crippen molar-refractivity contribution in [2.75, 3.05) is 18.5 Å². The molecule has 1 heterocycles. The van der Waals surface area contributed by atoms with Crippen LogP contribution in [0.1, 0.15) is 16.8 Å². The lowest BCUT2D eigenvalue weighted by Gasteiger charge is -2.04. The van der Waals surface area contributed by atoms with Crippen molar-refractivity contribution >= 4 is 38.7 Å². The van der Waals surface area contributed by atoms with Gasteiger partial charge in [0, 0.05) is 23.1 Å². The largest absolute Gasteiger partial charge is 0.396 e. The number of para-hydroxylation sites is 2. The Hall–Kier alpha value is -2.18. The van der Waals surface area contributed by atoms with Gasteiger partial charge in [0.25, 0.3) is 0 Å². The monoisotopic (exact) mass is 388 g/mol. The zero-order valence-corrected chi connectivity index (χ0v) is 14.7. The number of nitrogens with zero attached hydrogens (tertiary/aromatic N) is 1. The van der Waals surface area contributed by atoms with E-state index in [0.717, 1.165) is 21.5 Å². The molecule has 0 aliphatic heterocycles. The van der Waals surface area contributed by atoms with E-state index in [9.17, 15) is 4.79 Å². The molecular weight excluding hydrogens is 370 g/mol. The van der Waals surface area contributed by atoms with Crippen LogP contribution in [0.25, 0.3) is 11.0 Å². The highest BCUT2D eigenvalue weighted by atomic mass is 79.9. The van der Waals surface area contributed by atoms with E-state index < -0.39 is 0 Å². The minimum atomic E-state index is 0.0439. The summed E-state index contributed by atoms with van der Waals surface area (Å²) in [6, 6.07) is 15.2. The van der Waals surface area contributed by atoms with E-state index in [1.165, 1.54) is 0 Å². The number of aliphatic hydroxyl groups is 1. The van der Waals surface area contributed by atoms with Gasteiger partial charge in [0.15, 0.2) is 5.78 Å². The van der Waals surface area contributed by atoms with Crippen molar-refractivity contribution in [1.82, 2.24) is 4.98 Å². The molecule has 3 aromatic rings. The Labute approximate surface area is 148 Å². The predicted molar refractivity (Wildman–Crippen MR) is 97.2 cm³/mol. The lowest BCUT2D eigenvalue weighted by Crippen LogP contribution is -2.40. The highest BCUT2D eigenvalue weighted by Crippen LogP contribution is 2.14. The van der Waals surface area contributed by atoms with Gasteiger partial charge >= 0.3 is 5.95 Å². The van der Waals surface area contributed by atoms with Crippen LogP contribution < -0.4 is 9.88 Å². The first-order chi connectivity index (χ1) is 11.7. The van der Waals surface area contributed by atoms with Gasteiger partial charge in [-0.25, -0.2) is 9.55 Å². The summed E-state index contributed by atoms with van der Waals surface area (Å²) in [5.41, 5.74) is 2.61. The molecule has 3 N–H and O–H groups in total. The molecule has 0 radical (unpaired) electrons. The fourth-order valence-corrected chi connectivity index (χ4v) is 2.85. The van der Waals surface area contributed by atoms with Crippen LogP contribution in [-0.2, 0) is 6.54 Å². The van der Waals surface area contributed by atoms with Crippen molar-refractivity contribution in [2.45, 2.75) is 13.0 Å². The molecule has 24 heavy (non-hydrogen) atoms. The van der Waals surface area contributed by atoms with Gasteiger partial charge in [-0.2, -0.15) is 0 Å². The van der Waals surface area contributed by atoms with Gasteiger partial charge in [-0.15, -0.1) is 0 Å². The topological polar surface area (TPSA) is 69.0 Å². The Balaban J connectivity index is 1.90. The molecule has 0 fully saturated rings. The van der Waals surface area contributed by atoms with Gasteiger partial charge in [-0.3, -0.25) is 10.1 Å². The van der Waals surface area contributed by atoms with Crippen LogP contribution in [-0.4, -0.2) is 29.0 Å². The zero-order valence-electron chi connectivity index (χ0n) is 13.1. The number of aromatic nitrogens is 2. The number of fused-ring (bicyclic) bond motifs is 1. The zero-order chi connectivity index (χ0) is 16.9. The first-order valence-electron chi connectivity index (χ1n) is 7.83. The SMILES string of the molecule is O=C(C[n+]1c(NCCCO)[nH]c2ccccc21)c1ccc(Br)cc1. The van der Waals surface area contributed by atoms with Crippen LogP contribution >= 0.6 is 15.9 Å². The number of rotatable bonds is 7. The summed E-state index contributed by atoms with van der Waals surface area (Å²) < 4.78 is 2.89. The summed E-state index contributed by atoms with van der Waals surface area (Å²) >= 11 is 3.38. The quantitative estimate of drug-likeness (QED) is 0.331. The van der Waals surface area contributed by atoms with Crippen molar-refractivity contribution in [3.05, 3.63) is 58.6 Å². The minimum Gasteiger partial charge on any atom is -0.396 e. The molecule has 2 aromatic carbocycles. The predicted octanol–water partition coefficient (Wildman–Crippen LogP) is 2.90. The fourth-order valence-electron chi connectivity index (χ4n) is 2.59. The third kappa shape index (κ3) is 3.66. The molecule has 0 spiro atoms. The molecule has 1 aromatic heterocycles. The average Bonchev–Trinajstić information content (AvgIpc) is 2.93. The molecule has 0 bridgehead atoms. The minimum absolute atomic E-state index is 0.0439. The van der Waals surface area contributed by atoms with Crippen molar-refractivity contribution in [3.63, 3.8) is 0 Å². The number of carbonyl (C=O) groups is 1. The number of hydrogen-bond donors (Lipinski definition) is 3. The number of nitrogens with one attached hydrogen (secondary N) is 2. The molecule has 0 aliphatic rings. The first kappa shape index (κ1) is 16.7. The first-order valence-corrected chi connectivity index (χ1v) is 8.62. The van der Waals surface area contributed by atoms with Crippen LogP contribution in [0.3, 0.4) is 0 Å².